The average molecular weight is 222 g/mol. The molecule has 1 saturated heterocycles. The molecule has 86 valence electrons. The second-order valence-corrected chi connectivity index (χ2v) is 3.92. The first kappa shape index (κ1) is 10.8. The number of likely N-dealkylation sites (N-methyl/N-ethyl adjacent to an activating group) is 1. The van der Waals surface area contributed by atoms with E-state index in [0.29, 0.717) is 6.54 Å². The number of rotatable bonds is 3. The lowest BCUT2D eigenvalue weighted by molar-refractivity contribution is -0.137. The van der Waals surface area contributed by atoms with Crippen LogP contribution in [0.4, 0.5) is 0 Å². The number of nitrogens with one attached hydrogen (secondary N) is 1. The van der Waals surface area contributed by atoms with Crippen molar-refractivity contribution in [2.75, 3.05) is 7.05 Å². The molecule has 2 amide bonds. The van der Waals surface area contributed by atoms with Crippen molar-refractivity contribution in [1.82, 2.24) is 19.8 Å². The van der Waals surface area contributed by atoms with Crippen molar-refractivity contribution in [3.05, 3.63) is 18.2 Å². The van der Waals surface area contributed by atoms with E-state index >= 15 is 0 Å². The Morgan fingerprint density at radius 2 is 2.25 bits per heavy atom. The summed E-state index contributed by atoms with van der Waals surface area (Å²) in [5.74, 6) is -0.292. The van der Waals surface area contributed by atoms with Crippen LogP contribution >= 0.6 is 0 Å². The van der Waals surface area contributed by atoms with E-state index < -0.39 is 6.04 Å². The summed E-state index contributed by atoms with van der Waals surface area (Å²) >= 11 is 0. The molecule has 0 radical (unpaired) electrons. The van der Waals surface area contributed by atoms with Gasteiger partial charge in [-0.15, -0.1) is 0 Å². The van der Waals surface area contributed by atoms with Crippen LogP contribution in [0.5, 0.6) is 0 Å². The summed E-state index contributed by atoms with van der Waals surface area (Å²) in [5, 5.41) is 3.06. The number of hydrogen-bond acceptors (Lipinski definition) is 4. The molecule has 0 aliphatic carbocycles. The molecule has 6 nitrogen and oxygen atoms in total. The zero-order chi connectivity index (χ0) is 11.7. The highest BCUT2D eigenvalue weighted by molar-refractivity contribution is 6.05. The standard InChI is InChI=1S/C10H14N4O2/c1-13-6-11-4-7(13)5-12-8-3-9(15)14(2)10(8)16/h4,6,8,12H,3,5H2,1-2H3. The summed E-state index contributed by atoms with van der Waals surface area (Å²) in [7, 11) is 3.40. The lowest BCUT2D eigenvalue weighted by Gasteiger charge is -2.10. The molecule has 1 aromatic heterocycles. The predicted octanol–water partition coefficient (Wildman–Crippen LogP) is -0.733. The Morgan fingerprint density at radius 1 is 1.50 bits per heavy atom. The van der Waals surface area contributed by atoms with Gasteiger partial charge in [0.15, 0.2) is 0 Å². The number of hydrogen-bond donors (Lipinski definition) is 1. The summed E-state index contributed by atoms with van der Waals surface area (Å²) in [5.41, 5.74) is 0.981. The highest BCUT2D eigenvalue weighted by atomic mass is 16.2. The van der Waals surface area contributed by atoms with Crippen molar-refractivity contribution in [2.24, 2.45) is 7.05 Å². The molecule has 0 spiro atoms. The third kappa shape index (κ3) is 1.83. The van der Waals surface area contributed by atoms with Crippen molar-refractivity contribution in [3.63, 3.8) is 0 Å². The van der Waals surface area contributed by atoms with Crippen LogP contribution < -0.4 is 5.32 Å². The second-order valence-electron chi connectivity index (χ2n) is 3.92. The van der Waals surface area contributed by atoms with Gasteiger partial charge >= 0.3 is 0 Å². The van der Waals surface area contributed by atoms with Crippen LogP contribution in [0.15, 0.2) is 12.5 Å². The number of nitrogens with zero attached hydrogens (tertiary/aromatic N) is 3. The van der Waals surface area contributed by atoms with Crippen molar-refractivity contribution < 1.29 is 9.59 Å². The molecule has 1 aliphatic rings. The Labute approximate surface area is 93.3 Å². The van der Waals surface area contributed by atoms with Gasteiger partial charge in [0.05, 0.1) is 24.5 Å². The Hall–Kier alpha value is -1.69. The van der Waals surface area contributed by atoms with Gasteiger partial charge in [-0.3, -0.25) is 19.8 Å². The molecular weight excluding hydrogens is 208 g/mol. The second kappa shape index (κ2) is 4.05. The van der Waals surface area contributed by atoms with Gasteiger partial charge in [-0.05, 0) is 0 Å². The smallest absolute Gasteiger partial charge is 0.246 e. The van der Waals surface area contributed by atoms with Crippen LogP contribution in [-0.4, -0.2) is 39.4 Å². The quantitative estimate of drug-likeness (QED) is 0.684. The van der Waals surface area contributed by atoms with Gasteiger partial charge in [0.2, 0.25) is 11.8 Å². The van der Waals surface area contributed by atoms with Gasteiger partial charge in [-0.25, -0.2) is 4.98 Å². The van der Waals surface area contributed by atoms with Crippen LogP contribution in [0.25, 0.3) is 0 Å². The average Bonchev–Trinajstić information content (AvgIpc) is 2.76. The zero-order valence-corrected chi connectivity index (χ0v) is 9.30. The Bertz CT molecular complexity index is 426. The summed E-state index contributed by atoms with van der Waals surface area (Å²) in [6.07, 6.45) is 3.68. The Morgan fingerprint density at radius 3 is 2.75 bits per heavy atom. The Kier molecular flexibility index (Phi) is 2.74. The van der Waals surface area contributed by atoms with Crippen molar-refractivity contribution >= 4 is 11.8 Å². The van der Waals surface area contributed by atoms with Gasteiger partial charge in [0.1, 0.15) is 0 Å². The van der Waals surface area contributed by atoms with Crippen LogP contribution in [-0.2, 0) is 23.2 Å². The van der Waals surface area contributed by atoms with E-state index in [1.165, 1.54) is 11.9 Å². The highest BCUT2D eigenvalue weighted by Crippen LogP contribution is 2.11. The van der Waals surface area contributed by atoms with Crippen molar-refractivity contribution in [1.29, 1.82) is 0 Å². The SMILES string of the molecule is CN1C(=O)CC(NCc2cncn2C)C1=O. The molecule has 2 rings (SSSR count). The van der Waals surface area contributed by atoms with Crippen LogP contribution in [0.3, 0.4) is 0 Å². The minimum absolute atomic E-state index is 0.132. The van der Waals surface area contributed by atoms with E-state index in [-0.39, 0.29) is 18.2 Å². The van der Waals surface area contributed by atoms with Crippen LogP contribution in [0, 0.1) is 0 Å². The third-order valence-electron chi connectivity index (χ3n) is 2.83. The van der Waals surface area contributed by atoms with E-state index in [1.807, 2.05) is 11.6 Å². The van der Waals surface area contributed by atoms with Crippen LogP contribution in [0.2, 0.25) is 0 Å². The van der Waals surface area contributed by atoms with Crippen molar-refractivity contribution in [3.8, 4) is 0 Å². The summed E-state index contributed by atoms with van der Waals surface area (Å²) in [6.45, 7) is 0.536. The molecule has 6 heteroatoms. The Balaban J connectivity index is 1.95. The summed E-state index contributed by atoms with van der Waals surface area (Å²) in [6, 6.07) is -0.396. The van der Waals surface area contributed by atoms with E-state index in [9.17, 15) is 9.59 Å². The maximum absolute atomic E-state index is 11.6. The fourth-order valence-corrected chi connectivity index (χ4v) is 1.70. The molecule has 1 atom stereocenters. The molecule has 1 aliphatic heterocycles. The molecular formula is C10H14N4O2. The normalized spacial score (nSPS) is 20.9. The topological polar surface area (TPSA) is 67.2 Å². The number of likely N-dealkylation sites (tertiary alicyclic amines) is 1. The maximum atomic E-state index is 11.6. The number of aryl methyl sites for hydroxylation is 1. The summed E-state index contributed by atoms with van der Waals surface area (Å²) < 4.78 is 1.87. The lowest BCUT2D eigenvalue weighted by atomic mass is 10.2. The van der Waals surface area contributed by atoms with Gasteiger partial charge in [-0.2, -0.15) is 0 Å². The number of imide groups is 1. The van der Waals surface area contributed by atoms with E-state index in [4.69, 9.17) is 0 Å². The fourth-order valence-electron chi connectivity index (χ4n) is 1.70. The van der Waals surface area contributed by atoms with Gasteiger partial charge in [-0.1, -0.05) is 0 Å². The van der Waals surface area contributed by atoms with Crippen molar-refractivity contribution in [2.45, 2.75) is 19.0 Å². The van der Waals surface area contributed by atoms with E-state index in [0.717, 1.165) is 5.69 Å². The predicted molar refractivity (Wildman–Crippen MR) is 56.2 cm³/mol. The minimum atomic E-state index is -0.396. The number of amides is 2. The molecule has 1 aromatic rings. The third-order valence-corrected chi connectivity index (χ3v) is 2.83. The molecule has 2 heterocycles. The number of carbonyl (C=O) groups excluding carboxylic acids is 2. The molecule has 0 bridgehead atoms. The maximum Gasteiger partial charge on any atom is 0.246 e. The van der Waals surface area contributed by atoms with E-state index in [2.05, 4.69) is 10.3 Å². The van der Waals surface area contributed by atoms with Gasteiger partial charge in [0, 0.05) is 26.8 Å². The fraction of sp³-hybridized carbons (Fsp3) is 0.500. The first-order valence-corrected chi connectivity index (χ1v) is 5.08. The first-order valence-electron chi connectivity index (χ1n) is 5.08. The minimum Gasteiger partial charge on any atom is -0.337 e. The molecule has 1 unspecified atom stereocenters. The van der Waals surface area contributed by atoms with Gasteiger partial charge in [0.25, 0.3) is 0 Å². The molecule has 1 fully saturated rings. The van der Waals surface area contributed by atoms with E-state index in [1.54, 1.807) is 12.5 Å². The molecule has 0 aromatic carbocycles. The summed E-state index contributed by atoms with van der Waals surface area (Å²) in [4.78, 5) is 28.0. The highest BCUT2D eigenvalue weighted by Gasteiger charge is 2.35. The monoisotopic (exact) mass is 222 g/mol. The van der Waals surface area contributed by atoms with Crippen LogP contribution in [0.1, 0.15) is 12.1 Å². The molecule has 1 N–H and O–H groups in total. The molecule has 0 saturated carbocycles. The lowest BCUT2D eigenvalue weighted by Crippen LogP contribution is -2.37. The number of imidazole rings is 1. The largest absolute Gasteiger partial charge is 0.337 e. The number of aromatic nitrogens is 2. The first-order chi connectivity index (χ1) is 7.59. The molecule has 16 heavy (non-hydrogen) atoms. The number of carbonyl (C=O) groups is 2. The zero-order valence-electron chi connectivity index (χ0n) is 9.30. The van der Waals surface area contributed by atoms with Gasteiger partial charge < -0.3 is 4.57 Å².